The van der Waals surface area contributed by atoms with Gasteiger partial charge < -0.3 is 10.6 Å². The van der Waals surface area contributed by atoms with Crippen LogP contribution in [-0.2, 0) is 0 Å². The van der Waals surface area contributed by atoms with E-state index in [-0.39, 0.29) is 5.69 Å². The molecule has 1 atom stereocenters. The molecular formula is C10H13BrN4O2. The number of nitrogens with zero attached hydrogens (tertiary/aromatic N) is 2. The maximum absolute atomic E-state index is 10.9. The predicted octanol–water partition coefficient (Wildman–Crippen LogP) is 1.92. The normalized spacial score (nSPS) is 19.2. The summed E-state index contributed by atoms with van der Waals surface area (Å²) < 4.78 is 0.615. The van der Waals surface area contributed by atoms with Crippen molar-refractivity contribution in [3.8, 4) is 0 Å². The molecule has 2 N–H and O–H groups in total. The number of nitro groups is 1. The Kier molecular flexibility index (Phi) is 3.90. The minimum absolute atomic E-state index is 0.00243. The SMILES string of the molecule is O=[N+]([O-])c1cncc(Br)c1NCC1CCCN1. The topological polar surface area (TPSA) is 80.1 Å². The molecule has 0 bridgehead atoms. The highest BCUT2D eigenvalue weighted by atomic mass is 79.9. The van der Waals surface area contributed by atoms with Crippen LogP contribution in [0.25, 0.3) is 0 Å². The molecule has 1 unspecified atom stereocenters. The largest absolute Gasteiger partial charge is 0.377 e. The van der Waals surface area contributed by atoms with Crippen molar-refractivity contribution in [1.82, 2.24) is 10.3 Å². The Morgan fingerprint density at radius 1 is 1.65 bits per heavy atom. The van der Waals surface area contributed by atoms with Crippen LogP contribution in [0.4, 0.5) is 11.4 Å². The van der Waals surface area contributed by atoms with Crippen molar-refractivity contribution in [2.24, 2.45) is 0 Å². The molecule has 2 heterocycles. The first-order chi connectivity index (χ1) is 8.18. The van der Waals surface area contributed by atoms with Crippen LogP contribution in [-0.4, -0.2) is 29.0 Å². The van der Waals surface area contributed by atoms with Crippen molar-refractivity contribution in [3.05, 3.63) is 27.0 Å². The zero-order chi connectivity index (χ0) is 12.3. The van der Waals surface area contributed by atoms with Crippen molar-refractivity contribution < 1.29 is 4.92 Å². The third-order valence-electron chi connectivity index (χ3n) is 2.76. The van der Waals surface area contributed by atoms with Crippen LogP contribution >= 0.6 is 15.9 Å². The zero-order valence-electron chi connectivity index (χ0n) is 9.15. The van der Waals surface area contributed by atoms with E-state index in [1.165, 1.54) is 6.20 Å². The molecule has 17 heavy (non-hydrogen) atoms. The van der Waals surface area contributed by atoms with Gasteiger partial charge in [-0.05, 0) is 35.3 Å². The van der Waals surface area contributed by atoms with Crippen LogP contribution in [0.5, 0.6) is 0 Å². The van der Waals surface area contributed by atoms with Gasteiger partial charge in [-0.25, -0.2) is 0 Å². The fourth-order valence-electron chi connectivity index (χ4n) is 1.89. The van der Waals surface area contributed by atoms with E-state index in [1.807, 2.05) is 0 Å². The summed E-state index contributed by atoms with van der Waals surface area (Å²) in [5.41, 5.74) is 0.496. The molecule has 0 amide bonds. The fourth-order valence-corrected chi connectivity index (χ4v) is 2.36. The van der Waals surface area contributed by atoms with Crippen molar-refractivity contribution in [2.45, 2.75) is 18.9 Å². The molecule has 6 nitrogen and oxygen atoms in total. The van der Waals surface area contributed by atoms with Crippen LogP contribution in [0.2, 0.25) is 0 Å². The Bertz CT molecular complexity index is 421. The number of pyridine rings is 1. The summed E-state index contributed by atoms with van der Waals surface area (Å²) in [6.07, 6.45) is 5.07. The fraction of sp³-hybridized carbons (Fsp3) is 0.500. The van der Waals surface area contributed by atoms with E-state index in [0.717, 1.165) is 19.4 Å². The second kappa shape index (κ2) is 5.42. The molecule has 92 valence electrons. The molecular weight excluding hydrogens is 288 g/mol. The molecule has 2 rings (SSSR count). The molecule has 1 aliphatic rings. The van der Waals surface area contributed by atoms with E-state index >= 15 is 0 Å². The van der Waals surface area contributed by atoms with Gasteiger partial charge in [-0.1, -0.05) is 0 Å². The van der Waals surface area contributed by atoms with Gasteiger partial charge in [0.25, 0.3) is 0 Å². The third-order valence-corrected chi connectivity index (χ3v) is 3.37. The molecule has 1 saturated heterocycles. The highest BCUT2D eigenvalue weighted by molar-refractivity contribution is 9.10. The molecule has 1 fully saturated rings. The van der Waals surface area contributed by atoms with Gasteiger partial charge in [-0.2, -0.15) is 0 Å². The highest BCUT2D eigenvalue weighted by Crippen LogP contribution is 2.30. The summed E-state index contributed by atoms with van der Waals surface area (Å²) >= 11 is 3.28. The van der Waals surface area contributed by atoms with Crippen LogP contribution in [0.3, 0.4) is 0 Å². The summed E-state index contributed by atoms with van der Waals surface area (Å²) in [6.45, 7) is 1.70. The first kappa shape index (κ1) is 12.3. The van der Waals surface area contributed by atoms with E-state index in [9.17, 15) is 10.1 Å². The Hall–Kier alpha value is -1.21. The average Bonchev–Trinajstić information content (AvgIpc) is 2.80. The van der Waals surface area contributed by atoms with Gasteiger partial charge in [0.1, 0.15) is 11.9 Å². The molecule has 1 aromatic heterocycles. The lowest BCUT2D eigenvalue weighted by atomic mass is 10.2. The van der Waals surface area contributed by atoms with E-state index in [0.29, 0.717) is 22.7 Å². The summed E-state index contributed by atoms with van der Waals surface area (Å²) in [6, 6.07) is 0.384. The van der Waals surface area contributed by atoms with Gasteiger partial charge in [-0.3, -0.25) is 15.1 Å². The number of halogens is 1. The van der Waals surface area contributed by atoms with E-state index in [1.54, 1.807) is 6.20 Å². The van der Waals surface area contributed by atoms with Crippen LogP contribution < -0.4 is 10.6 Å². The van der Waals surface area contributed by atoms with Crippen LogP contribution in [0, 0.1) is 10.1 Å². The number of anilines is 1. The Balaban J connectivity index is 2.10. The summed E-state index contributed by atoms with van der Waals surface area (Å²) in [7, 11) is 0. The number of hydrogen-bond acceptors (Lipinski definition) is 5. The minimum Gasteiger partial charge on any atom is -0.377 e. The average molecular weight is 301 g/mol. The summed E-state index contributed by atoms with van der Waals surface area (Å²) in [5.74, 6) is 0. The molecule has 1 aromatic rings. The Labute approximate surface area is 107 Å². The predicted molar refractivity (Wildman–Crippen MR) is 68.1 cm³/mol. The molecule has 0 spiro atoms. The molecule has 0 radical (unpaired) electrons. The molecule has 1 aliphatic heterocycles. The molecule has 0 saturated carbocycles. The number of aromatic nitrogens is 1. The summed E-state index contributed by atoms with van der Waals surface area (Å²) in [5, 5.41) is 17.3. The zero-order valence-corrected chi connectivity index (χ0v) is 10.7. The van der Waals surface area contributed by atoms with Gasteiger partial charge in [0.15, 0.2) is 0 Å². The monoisotopic (exact) mass is 300 g/mol. The van der Waals surface area contributed by atoms with Crippen molar-refractivity contribution in [3.63, 3.8) is 0 Å². The van der Waals surface area contributed by atoms with E-state index < -0.39 is 4.92 Å². The second-order valence-electron chi connectivity index (χ2n) is 3.95. The lowest BCUT2D eigenvalue weighted by Gasteiger charge is -2.13. The van der Waals surface area contributed by atoms with E-state index in [4.69, 9.17) is 0 Å². The molecule has 7 heteroatoms. The van der Waals surface area contributed by atoms with Gasteiger partial charge in [0, 0.05) is 18.8 Å². The first-order valence-electron chi connectivity index (χ1n) is 5.43. The van der Waals surface area contributed by atoms with Crippen LogP contribution in [0.15, 0.2) is 16.9 Å². The van der Waals surface area contributed by atoms with Gasteiger partial charge >= 0.3 is 5.69 Å². The number of rotatable bonds is 4. The smallest absolute Gasteiger partial charge is 0.311 e. The maximum atomic E-state index is 10.9. The lowest BCUT2D eigenvalue weighted by molar-refractivity contribution is -0.384. The van der Waals surface area contributed by atoms with Gasteiger partial charge in [-0.15, -0.1) is 0 Å². The van der Waals surface area contributed by atoms with Crippen molar-refractivity contribution in [2.75, 3.05) is 18.4 Å². The second-order valence-corrected chi connectivity index (χ2v) is 4.80. The lowest BCUT2D eigenvalue weighted by Crippen LogP contribution is -2.29. The molecule has 0 aromatic carbocycles. The molecule has 0 aliphatic carbocycles. The van der Waals surface area contributed by atoms with Crippen molar-refractivity contribution in [1.29, 1.82) is 0 Å². The maximum Gasteiger partial charge on any atom is 0.311 e. The summed E-state index contributed by atoms with van der Waals surface area (Å²) in [4.78, 5) is 14.2. The Morgan fingerprint density at radius 3 is 3.12 bits per heavy atom. The van der Waals surface area contributed by atoms with Gasteiger partial charge in [0.2, 0.25) is 0 Å². The number of nitrogens with one attached hydrogen (secondary N) is 2. The van der Waals surface area contributed by atoms with Crippen LogP contribution in [0.1, 0.15) is 12.8 Å². The minimum atomic E-state index is -0.428. The van der Waals surface area contributed by atoms with Crippen molar-refractivity contribution >= 4 is 27.3 Å². The number of hydrogen-bond donors (Lipinski definition) is 2. The standard InChI is InChI=1S/C10H13BrN4O2/c11-8-5-12-6-9(15(16)17)10(8)14-4-7-2-1-3-13-7/h5-7,13H,1-4H2,(H,12,14). The first-order valence-corrected chi connectivity index (χ1v) is 6.23. The van der Waals surface area contributed by atoms with E-state index in [2.05, 4.69) is 31.5 Å². The third kappa shape index (κ3) is 2.92. The quantitative estimate of drug-likeness (QED) is 0.656. The Morgan fingerprint density at radius 2 is 2.47 bits per heavy atom. The highest BCUT2D eigenvalue weighted by Gasteiger charge is 2.19. The van der Waals surface area contributed by atoms with Gasteiger partial charge in [0.05, 0.1) is 9.40 Å².